The minimum Gasteiger partial charge on any atom is -0.330 e. The molecule has 0 radical (unpaired) electrons. The molecule has 0 saturated carbocycles. The summed E-state index contributed by atoms with van der Waals surface area (Å²) in [6.07, 6.45) is 55.5. The zero-order chi connectivity index (χ0) is 51.9. The van der Waals surface area contributed by atoms with E-state index in [1.807, 2.05) is 0 Å². The lowest BCUT2D eigenvalue weighted by Crippen LogP contribution is -2.50. The Bertz CT molecular complexity index is 924. The molecule has 8 heteroatoms. The Morgan fingerprint density at radius 1 is 0.155 bits per heavy atom. The summed E-state index contributed by atoms with van der Waals surface area (Å²) >= 11 is 0. The van der Waals surface area contributed by atoms with E-state index in [0.29, 0.717) is 12.8 Å². The van der Waals surface area contributed by atoms with E-state index in [4.69, 9.17) is 11.5 Å². The first-order valence-electron chi connectivity index (χ1n) is 32.2. The minimum absolute atomic E-state index is 0.00591. The number of hydrogen-bond acceptors (Lipinski definition) is 2. The highest BCUT2D eigenvalue weighted by Gasteiger charge is 2.69. The van der Waals surface area contributed by atoms with Crippen LogP contribution in [-0.4, -0.2) is 25.4 Å². The Kier molecular flexibility index (Phi) is 53.9. The second-order valence-corrected chi connectivity index (χ2v) is 23.0. The first-order chi connectivity index (χ1) is 34.6. The molecule has 0 fully saturated rings. The van der Waals surface area contributed by atoms with Crippen LogP contribution >= 0.6 is 0 Å². The van der Waals surface area contributed by atoms with Crippen molar-refractivity contribution in [2.45, 2.75) is 385 Å². The first kappa shape index (κ1) is 70.5. The van der Waals surface area contributed by atoms with Gasteiger partial charge in [-0.25, -0.2) is 0 Å². The molecular weight excluding hydrogens is 899 g/mol. The van der Waals surface area contributed by atoms with Crippen LogP contribution in [0.4, 0.5) is 26.3 Å². The molecule has 0 aromatic heterocycles. The Morgan fingerprint density at radius 2 is 0.254 bits per heavy atom. The molecule has 428 valence electrons. The molecule has 0 heterocycles. The van der Waals surface area contributed by atoms with Crippen LogP contribution in [0.5, 0.6) is 0 Å². The second-order valence-electron chi connectivity index (χ2n) is 23.0. The summed E-state index contributed by atoms with van der Waals surface area (Å²) in [5.41, 5.74) is 7.55. The molecule has 4 N–H and O–H groups in total. The molecule has 0 atom stereocenters. The van der Waals surface area contributed by atoms with Crippen LogP contribution < -0.4 is 11.5 Å². The van der Waals surface area contributed by atoms with E-state index >= 15 is 0 Å². The molecule has 0 saturated heterocycles. The van der Waals surface area contributed by atoms with E-state index in [9.17, 15) is 26.3 Å². The molecule has 2 nitrogen and oxygen atoms in total. The van der Waals surface area contributed by atoms with Crippen molar-refractivity contribution >= 4 is 0 Å². The van der Waals surface area contributed by atoms with Gasteiger partial charge in [0.05, 0.1) is 0 Å². The Hall–Kier alpha value is -0.500. The lowest BCUT2D eigenvalue weighted by molar-refractivity contribution is -0.346. The third-order valence-electron chi connectivity index (χ3n) is 16.2. The number of rotatable bonds is 60. The molecule has 71 heavy (non-hydrogen) atoms. The van der Waals surface area contributed by atoms with Crippen molar-refractivity contribution in [3.63, 3.8) is 0 Å². The summed E-state index contributed by atoms with van der Waals surface area (Å²) in [6.45, 7) is 1.68. The topological polar surface area (TPSA) is 52.0 Å². The van der Waals surface area contributed by atoms with Crippen molar-refractivity contribution in [1.82, 2.24) is 0 Å². The maximum absolute atomic E-state index is 14.2. The molecular formula is C63H124F6N2. The van der Waals surface area contributed by atoms with Gasteiger partial charge in [-0.3, -0.25) is 0 Å². The Labute approximate surface area is 439 Å². The summed E-state index contributed by atoms with van der Waals surface area (Å²) in [6, 6.07) is 0. The van der Waals surface area contributed by atoms with E-state index in [0.717, 1.165) is 64.5 Å². The average Bonchev–Trinajstić information content (AvgIpc) is 3.34. The fourth-order valence-electron chi connectivity index (χ4n) is 11.2. The number of unbranched alkanes of at least 4 members (excludes halogenated alkanes) is 54. The fourth-order valence-corrected chi connectivity index (χ4v) is 11.2. The van der Waals surface area contributed by atoms with Crippen LogP contribution in [0.25, 0.3) is 0 Å². The summed E-state index contributed by atoms with van der Waals surface area (Å²) in [7, 11) is 0. The van der Waals surface area contributed by atoms with Gasteiger partial charge in [-0.05, 0) is 38.8 Å². The highest BCUT2D eigenvalue weighted by molar-refractivity contribution is 4.93. The van der Waals surface area contributed by atoms with Gasteiger partial charge in [0.15, 0.2) is 5.41 Å². The summed E-state index contributed by atoms with van der Waals surface area (Å²) in [5, 5.41) is 0. The van der Waals surface area contributed by atoms with Crippen molar-refractivity contribution < 1.29 is 26.3 Å². The quantitative estimate of drug-likeness (QED) is 0.0471. The normalized spacial score (nSPS) is 12.5. The van der Waals surface area contributed by atoms with E-state index in [2.05, 4.69) is 0 Å². The lowest BCUT2D eigenvalue weighted by Gasteiger charge is -2.37. The van der Waals surface area contributed by atoms with Crippen molar-refractivity contribution in [2.24, 2.45) is 16.9 Å². The zero-order valence-corrected chi connectivity index (χ0v) is 47.3. The average molecular weight is 1020 g/mol. The van der Waals surface area contributed by atoms with Crippen LogP contribution in [0.1, 0.15) is 372 Å². The van der Waals surface area contributed by atoms with E-state index in [1.54, 1.807) is 0 Å². The number of halogens is 6. The van der Waals surface area contributed by atoms with Crippen molar-refractivity contribution in [3.05, 3.63) is 0 Å². The maximum atomic E-state index is 14.2. The molecule has 0 spiro atoms. The Balaban J connectivity index is 3.68. The molecule has 0 bridgehead atoms. The molecule has 0 aromatic carbocycles. The van der Waals surface area contributed by atoms with Crippen molar-refractivity contribution in [1.29, 1.82) is 0 Å². The van der Waals surface area contributed by atoms with Gasteiger partial charge in [-0.2, -0.15) is 26.3 Å². The first-order valence-corrected chi connectivity index (χ1v) is 32.2. The van der Waals surface area contributed by atoms with Gasteiger partial charge in [0, 0.05) is 0 Å². The van der Waals surface area contributed by atoms with Gasteiger partial charge in [-0.15, -0.1) is 0 Å². The standard InChI is InChI=1S/C63H124F6N2/c64-62(65,66)61(63(67,68)69,57-53-49-45-41-37-33-29-25-21-17-13-9-5-1-3-7-11-15-19-23-27-31-35-39-43-47-51-55-59-70)58-54-50-46-42-38-34-30-26-22-18-14-10-6-2-4-8-12-16-20-24-28-32-36-40-44-48-52-56-60-71/h1-60,70-71H2. The van der Waals surface area contributed by atoms with E-state index < -0.39 is 30.6 Å². The third-order valence-corrected chi connectivity index (χ3v) is 16.2. The van der Waals surface area contributed by atoms with Crippen LogP contribution in [0.15, 0.2) is 0 Å². The van der Waals surface area contributed by atoms with Crippen LogP contribution in [0.2, 0.25) is 0 Å². The number of alkyl halides is 6. The van der Waals surface area contributed by atoms with Crippen molar-refractivity contribution in [3.8, 4) is 0 Å². The highest BCUT2D eigenvalue weighted by Crippen LogP contribution is 2.56. The van der Waals surface area contributed by atoms with Gasteiger partial charge in [0.1, 0.15) is 0 Å². The molecule has 0 unspecified atom stereocenters. The maximum Gasteiger partial charge on any atom is 0.403 e. The summed E-state index contributed by atoms with van der Waals surface area (Å²) < 4.78 is 85.0. The molecule has 0 aliphatic heterocycles. The van der Waals surface area contributed by atoms with Gasteiger partial charge in [0.2, 0.25) is 0 Å². The minimum atomic E-state index is -5.27. The number of hydrogen-bond donors (Lipinski definition) is 2. The summed E-state index contributed by atoms with van der Waals surface area (Å²) in [5.74, 6) is 0. The highest BCUT2D eigenvalue weighted by atomic mass is 19.4. The fraction of sp³-hybridized carbons (Fsp3) is 1.00. The largest absolute Gasteiger partial charge is 0.403 e. The molecule has 0 aliphatic carbocycles. The molecule has 0 aromatic rings. The van der Waals surface area contributed by atoms with Crippen molar-refractivity contribution in [2.75, 3.05) is 13.1 Å². The third kappa shape index (κ3) is 47.7. The van der Waals surface area contributed by atoms with Gasteiger partial charge < -0.3 is 11.5 Å². The predicted octanol–water partition coefficient (Wildman–Crippen LogP) is 23.6. The van der Waals surface area contributed by atoms with Crippen LogP contribution in [0.3, 0.4) is 0 Å². The smallest absolute Gasteiger partial charge is 0.330 e. The van der Waals surface area contributed by atoms with Gasteiger partial charge >= 0.3 is 12.4 Å². The van der Waals surface area contributed by atoms with E-state index in [1.165, 1.54) is 283 Å². The lowest BCUT2D eigenvalue weighted by atomic mass is 9.76. The van der Waals surface area contributed by atoms with Crippen LogP contribution in [0, 0.1) is 5.41 Å². The Morgan fingerprint density at radius 3 is 0.352 bits per heavy atom. The van der Waals surface area contributed by atoms with Gasteiger partial charge in [-0.1, -0.05) is 347 Å². The molecule has 0 rings (SSSR count). The molecule has 0 aliphatic rings. The van der Waals surface area contributed by atoms with Crippen LogP contribution in [-0.2, 0) is 0 Å². The summed E-state index contributed by atoms with van der Waals surface area (Å²) in [4.78, 5) is 0. The second kappa shape index (κ2) is 54.3. The predicted molar refractivity (Wildman–Crippen MR) is 300 cm³/mol. The van der Waals surface area contributed by atoms with E-state index in [-0.39, 0.29) is 12.8 Å². The zero-order valence-electron chi connectivity index (χ0n) is 47.3. The molecule has 0 amide bonds. The van der Waals surface area contributed by atoms with Gasteiger partial charge in [0.25, 0.3) is 0 Å². The number of nitrogens with two attached hydrogens (primary N) is 2. The SMILES string of the molecule is NCCCCCCCCCCCCCCCCCCCCCCCCCCCCCCC(CCCCCCCCCCCCCCCCCCCCCCCCCCCCCCN)(C(F)(F)F)C(F)(F)F. The monoisotopic (exact) mass is 1020 g/mol.